The third-order valence-electron chi connectivity index (χ3n) is 6.75. The van der Waals surface area contributed by atoms with Crippen molar-refractivity contribution in [1.29, 1.82) is 0 Å². The Bertz CT molecular complexity index is 1100. The number of phenols is 1. The Hall–Kier alpha value is -1.85. The maximum absolute atomic E-state index is 10.3. The van der Waals surface area contributed by atoms with Gasteiger partial charge in [-0.05, 0) is 46.6 Å². The maximum atomic E-state index is 10.3. The second-order valence-electron chi connectivity index (χ2n) is 9.73. The number of unbranched alkanes of at least 4 members (excludes halogenated alkanes) is 13. The molecule has 2 aromatic carbocycles. The van der Waals surface area contributed by atoms with Gasteiger partial charge in [0.05, 0.1) is 15.5 Å². The van der Waals surface area contributed by atoms with E-state index in [1.807, 2.05) is 18.2 Å². The molecule has 0 saturated carbocycles. The number of phenolic OH excluding ortho intramolecular Hbond substituents is 1. The van der Waals surface area contributed by atoms with E-state index >= 15 is 0 Å². The predicted octanol–water partition coefficient (Wildman–Crippen LogP) is 10.4. The molecule has 0 bridgehead atoms. The van der Waals surface area contributed by atoms with Crippen LogP contribution in [-0.4, -0.2) is 20.9 Å². The van der Waals surface area contributed by atoms with Crippen LogP contribution >= 0.6 is 27.5 Å². The number of hydrogen-bond acceptors (Lipinski definition) is 3. The molecule has 0 fully saturated rings. The van der Waals surface area contributed by atoms with Crippen LogP contribution in [0.4, 0.5) is 5.95 Å². The average Bonchev–Trinajstić information content (AvgIpc) is 3.23. The number of imidazole rings is 1. The van der Waals surface area contributed by atoms with Gasteiger partial charge in [-0.15, -0.1) is 0 Å². The number of rotatable bonds is 17. The summed E-state index contributed by atoms with van der Waals surface area (Å²) >= 11 is 9.48. The lowest BCUT2D eigenvalue weighted by atomic mass is 10.0. The lowest BCUT2D eigenvalue weighted by Crippen LogP contribution is -1.98. The Morgan fingerprint density at radius 1 is 0.889 bits per heavy atom. The Morgan fingerprint density at radius 2 is 1.47 bits per heavy atom. The second-order valence-corrected chi connectivity index (χ2v) is 11.0. The van der Waals surface area contributed by atoms with Crippen LogP contribution < -0.4 is 0 Å². The van der Waals surface area contributed by atoms with Crippen molar-refractivity contribution in [1.82, 2.24) is 9.55 Å². The van der Waals surface area contributed by atoms with Crippen LogP contribution in [0.5, 0.6) is 5.75 Å². The van der Waals surface area contributed by atoms with Crippen molar-refractivity contribution < 1.29 is 5.11 Å². The molecule has 0 amide bonds. The Labute approximate surface area is 230 Å². The summed E-state index contributed by atoms with van der Waals surface area (Å²) in [6.45, 7) is 3.17. The zero-order valence-corrected chi connectivity index (χ0v) is 24.0. The van der Waals surface area contributed by atoms with Crippen molar-refractivity contribution in [2.75, 3.05) is 0 Å². The van der Waals surface area contributed by atoms with Crippen LogP contribution in [0, 0.1) is 0 Å². The van der Waals surface area contributed by atoms with Gasteiger partial charge >= 0.3 is 0 Å². The van der Waals surface area contributed by atoms with E-state index in [9.17, 15) is 5.11 Å². The van der Waals surface area contributed by atoms with Gasteiger partial charge in [-0.2, -0.15) is 0 Å². The van der Waals surface area contributed by atoms with E-state index in [2.05, 4.69) is 38.5 Å². The van der Waals surface area contributed by atoms with Gasteiger partial charge in [0.2, 0.25) is 5.95 Å². The molecule has 1 aromatic heterocycles. The Balaban J connectivity index is 1.43. The SMILES string of the molecule is CCCCCCCCCCCCCCCCn1c(N=Cc2cc(Cl)cc(Br)c2O)nc2ccccc21. The highest BCUT2D eigenvalue weighted by Gasteiger charge is 2.10. The van der Waals surface area contributed by atoms with Gasteiger partial charge in [-0.25, -0.2) is 9.98 Å². The molecule has 0 aliphatic heterocycles. The van der Waals surface area contributed by atoms with Crippen LogP contribution in [0.1, 0.15) is 102 Å². The summed E-state index contributed by atoms with van der Waals surface area (Å²) in [6.07, 6.45) is 20.5. The molecule has 196 valence electrons. The molecule has 0 radical (unpaired) electrons. The molecular weight excluding hydrogens is 534 g/mol. The van der Waals surface area contributed by atoms with Crippen molar-refractivity contribution >= 4 is 50.7 Å². The quantitative estimate of drug-likeness (QED) is 0.129. The summed E-state index contributed by atoms with van der Waals surface area (Å²) in [6, 6.07) is 11.5. The third kappa shape index (κ3) is 9.23. The minimum absolute atomic E-state index is 0.123. The molecule has 36 heavy (non-hydrogen) atoms. The van der Waals surface area contributed by atoms with Crippen molar-refractivity contribution in [3.05, 3.63) is 51.5 Å². The number of aromatic nitrogens is 2. The molecular formula is C30H41BrClN3O. The Morgan fingerprint density at radius 3 is 2.11 bits per heavy atom. The minimum Gasteiger partial charge on any atom is -0.506 e. The molecule has 0 atom stereocenters. The lowest BCUT2D eigenvalue weighted by Gasteiger charge is -2.07. The van der Waals surface area contributed by atoms with Crippen molar-refractivity contribution in [3.63, 3.8) is 0 Å². The molecule has 4 nitrogen and oxygen atoms in total. The van der Waals surface area contributed by atoms with E-state index < -0.39 is 0 Å². The normalized spacial score (nSPS) is 11.8. The lowest BCUT2D eigenvalue weighted by molar-refractivity contribution is 0.471. The van der Waals surface area contributed by atoms with Gasteiger partial charge in [0.25, 0.3) is 0 Å². The van der Waals surface area contributed by atoms with Crippen molar-refractivity contribution in [2.24, 2.45) is 4.99 Å². The van der Waals surface area contributed by atoms with Crippen LogP contribution in [0.25, 0.3) is 11.0 Å². The van der Waals surface area contributed by atoms with Crippen LogP contribution in [-0.2, 0) is 6.54 Å². The molecule has 3 aromatic rings. The summed E-state index contributed by atoms with van der Waals surface area (Å²) in [7, 11) is 0. The first-order chi connectivity index (χ1) is 17.6. The number of nitrogens with zero attached hydrogens (tertiary/aromatic N) is 3. The number of benzene rings is 2. The van der Waals surface area contributed by atoms with Gasteiger partial charge in [0, 0.05) is 23.3 Å². The molecule has 3 rings (SSSR count). The zero-order valence-electron chi connectivity index (χ0n) is 21.7. The summed E-state index contributed by atoms with van der Waals surface area (Å²) in [4.78, 5) is 9.35. The number of aromatic hydroxyl groups is 1. The fraction of sp³-hybridized carbons (Fsp3) is 0.533. The number of halogens is 2. The summed E-state index contributed by atoms with van der Waals surface area (Å²) < 4.78 is 2.73. The number of fused-ring (bicyclic) bond motifs is 1. The molecule has 0 aliphatic rings. The van der Waals surface area contributed by atoms with E-state index in [1.54, 1.807) is 18.3 Å². The van der Waals surface area contributed by atoms with Gasteiger partial charge in [-0.1, -0.05) is 114 Å². The van der Waals surface area contributed by atoms with Gasteiger partial charge in [0.15, 0.2) is 0 Å². The number of para-hydroxylation sites is 2. The molecule has 0 aliphatic carbocycles. The second kappa shape index (κ2) is 16.1. The topological polar surface area (TPSA) is 50.4 Å². The minimum atomic E-state index is 0.123. The van der Waals surface area contributed by atoms with Gasteiger partial charge in [-0.3, -0.25) is 0 Å². The monoisotopic (exact) mass is 573 g/mol. The van der Waals surface area contributed by atoms with Crippen LogP contribution in [0.2, 0.25) is 5.02 Å². The van der Waals surface area contributed by atoms with E-state index in [-0.39, 0.29) is 5.75 Å². The standard InChI is InChI=1S/C30H41BrClN3O/c1-2-3-4-5-6-7-8-9-10-11-12-13-14-17-20-35-28-19-16-15-18-27(28)34-30(35)33-23-24-21-25(32)22-26(31)29(24)36/h15-16,18-19,21-23,36H,2-14,17,20H2,1H3. The third-order valence-corrected chi connectivity index (χ3v) is 7.57. The number of aryl methyl sites for hydroxylation is 1. The molecule has 0 saturated heterocycles. The predicted molar refractivity (Wildman–Crippen MR) is 158 cm³/mol. The molecule has 1 heterocycles. The number of hydrogen-bond donors (Lipinski definition) is 1. The van der Waals surface area contributed by atoms with Crippen molar-refractivity contribution in [3.8, 4) is 5.75 Å². The first-order valence-corrected chi connectivity index (χ1v) is 14.9. The van der Waals surface area contributed by atoms with Gasteiger partial charge in [0.1, 0.15) is 5.75 Å². The summed E-state index contributed by atoms with van der Waals surface area (Å²) in [5.41, 5.74) is 2.59. The highest BCUT2D eigenvalue weighted by molar-refractivity contribution is 9.10. The largest absolute Gasteiger partial charge is 0.506 e. The highest BCUT2D eigenvalue weighted by Crippen LogP contribution is 2.31. The number of aliphatic imine (C=N–C) groups is 1. The zero-order chi connectivity index (χ0) is 25.6. The van der Waals surface area contributed by atoms with E-state index in [0.29, 0.717) is 21.0 Å². The van der Waals surface area contributed by atoms with E-state index in [4.69, 9.17) is 16.6 Å². The molecule has 0 spiro atoms. The van der Waals surface area contributed by atoms with Crippen LogP contribution in [0.15, 0.2) is 45.9 Å². The average molecular weight is 575 g/mol. The first-order valence-electron chi connectivity index (χ1n) is 13.8. The van der Waals surface area contributed by atoms with E-state index in [0.717, 1.165) is 24.0 Å². The summed E-state index contributed by atoms with van der Waals surface area (Å²) in [5, 5.41) is 10.9. The molecule has 0 unspecified atom stereocenters. The fourth-order valence-electron chi connectivity index (χ4n) is 4.66. The smallest absolute Gasteiger partial charge is 0.230 e. The fourth-order valence-corrected chi connectivity index (χ4v) is 5.49. The first kappa shape index (κ1) is 28.7. The summed E-state index contributed by atoms with van der Waals surface area (Å²) in [5.74, 6) is 0.777. The highest BCUT2D eigenvalue weighted by atomic mass is 79.9. The van der Waals surface area contributed by atoms with Crippen molar-refractivity contribution in [2.45, 2.75) is 103 Å². The van der Waals surface area contributed by atoms with E-state index in [1.165, 1.54) is 83.5 Å². The maximum Gasteiger partial charge on any atom is 0.230 e. The molecule has 6 heteroatoms. The Kier molecular flexibility index (Phi) is 12.8. The molecule has 1 N–H and O–H groups in total. The van der Waals surface area contributed by atoms with Crippen LogP contribution in [0.3, 0.4) is 0 Å². The van der Waals surface area contributed by atoms with Gasteiger partial charge < -0.3 is 9.67 Å².